The van der Waals surface area contributed by atoms with Gasteiger partial charge >= 0.3 is 11.9 Å². The monoisotopic (exact) mass is 673 g/mol. The number of carbonyl (C=O) groups excluding carboxylic acids is 2. The maximum absolute atomic E-state index is 13.7. The van der Waals surface area contributed by atoms with Crippen LogP contribution in [0.15, 0.2) is 30.3 Å². The minimum absolute atomic E-state index is 0.0749. The molecule has 3 rings (SSSR count). The van der Waals surface area contributed by atoms with E-state index in [1.54, 1.807) is 26.8 Å². The Balaban J connectivity index is 1.66. The number of anilines is 1. The highest BCUT2D eigenvalue weighted by Gasteiger charge is 2.23. The van der Waals surface area contributed by atoms with E-state index in [1.807, 2.05) is 13.8 Å². The molecule has 0 saturated heterocycles. The molecule has 0 fully saturated rings. The number of ether oxygens (including phenoxy) is 2. The lowest BCUT2D eigenvalue weighted by Crippen LogP contribution is -2.27. The summed E-state index contributed by atoms with van der Waals surface area (Å²) in [6.45, 7) is 8.37. The Morgan fingerprint density at radius 2 is 1.57 bits per heavy atom. The maximum Gasteiger partial charge on any atom is 0.358 e. The lowest BCUT2D eigenvalue weighted by atomic mass is 9.97. The number of rotatable bonds is 14. The molecule has 0 radical (unpaired) electrons. The molecule has 1 aromatic carbocycles. The maximum atomic E-state index is 13.7. The first-order chi connectivity index (χ1) is 22.0. The van der Waals surface area contributed by atoms with Crippen molar-refractivity contribution < 1.29 is 42.1 Å². The van der Waals surface area contributed by atoms with Gasteiger partial charge in [0.05, 0.1) is 53.4 Å². The van der Waals surface area contributed by atoms with Gasteiger partial charge in [0.2, 0.25) is 16.0 Å². The summed E-state index contributed by atoms with van der Waals surface area (Å²) in [6.07, 6.45) is 0.847. The van der Waals surface area contributed by atoms with Gasteiger partial charge < -0.3 is 19.7 Å². The molecule has 0 spiro atoms. The molecular formula is C32H40FN5O8S. The number of benzene rings is 1. The summed E-state index contributed by atoms with van der Waals surface area (Å²) in [6, 6.07) is 5.48. The third-order valence-corrected chi connectivity index (χ3v) is 8.22. The third kappa shape index (κ3) is 10.3. The number of aliphatic hydroxyl groups is 2. The number of carbonyl (C=O) groups is 2. The number of halogens is 1. The average molecular weight is 674 g/mol. The van der Waals surface area contributed by atoms with E-state index in [9.17, 15) is 32.6 Å². The molecule has 3 aromatic rings. The van der Waals surface area contributed by atoms with Crippen LogP contribution in [-0.2, 0) is 24.3 Å². The van der Waals surface area contributed by atoms with Gasteiger partial charge in [0.15, 0.2) is 5.69 Å². The zero-order chi connectivity index (χ0) is 35.1. The Morgan fingerprint density at radius 3 is 2.19 bits per heavy atom. The molecule has 0 bridgehead atoms. The zero-order valence-corrected chi connectivity index (χ0v) is 28.2. The number of aliphatic hydroxyl groups excluding tert-OH is 2. The standard InChI is InChI=1S/C32H40FN5O8S/c1-18(2)28-26(30(22-8-10-23(33)11-9-22)37-32(36-28)38(6)47(7,43)44)13-12-24(39)16-25(40)17-27(41)45-14-15-46-31(42)29-21(5)34-19(3)20(4)35-29/h8-13,18,24-25,39-40H,14-17H2,1-7H3/b13-12+/t24-,25+/m1/s1. The van der Waals surface area contributed by atoms with E-state index in [2.05, 4.69) is 19.9 Å². The Morgan fingerprint density at radius 1 is 0.957 bits per heavy atom. The number of nitrogens with zero attached hydrogens (tertiary/aromatic N) is 5. The van der Waals surface area contributed by atoms with Crippen molar-refractivity contribution in [1.82, 2.24) is 19.9 Å². The summed E-state index contributed by atoms with van der Waals surface area (Å²) in [5.41, 5.74) is 3.51. The highest BCUT2D eigenvalue weighted by molar-refractivity contribution is 7.92. The highest BCUT2D eigenvalue weighted by Crippen LogP contribution is 2.31. The van der Waals surface area contributed by atoms with Crippen LogP contribution in [0, 0.1) is 26.6 Å². The SMILES string of the molecule is Cc1nc(C)c(C(=O)OCCOC(=O)C[C@@H](O)C[C@H](O)/C=C/c2c(-c3ccc(F)cc3)nc(N(C)S(C)(=O)=O)nc2C(C)C)nc1C. The third-order valence-electron chi connectivity index (χ3n) is 7.06. The van der Waals surface area contributed by atoms with Crippen molar-refractivity contribution in [2.75, 3.05) is 30.8 Å². The van der Waals surface area contributed by atoms with E-state index >= 15 is 0 Å². The van der Waals surface area contributed by atoms with Crippen LogP contribution in [0.25, 0.3) is 17.3 Å². The fourth-order valence-corrected chi connectivity index (χ4v) is 4.74. The van der Waals surface area contributed by atoms with Crippen molar-refractivity contribution in [3.05, 3.63) is 70.2 Å². The second kappa shape index (κ2) is 16.0. The summed E-state index contributed by atoms with van der Waals surface area (Å²) in [7, 11) is -2.37. The predicted octanol–water partition coefficient (Wildman–Crippen LogP) is 3.43. The van der Waals surface area contributed by atoms with Gasteiger partial charge in [0.25, 0.3) is 0 Å². The highest BCUT2D eigenvalue weighted by atomic mass is 32.2. The minimum Gasteiger partial charge on any atom is -0.462 e. The fourth-order valence-electron chi connectivity index (χ4n) is 4.36. The average Bonchev–Trinajstić information content (AvgIpc) is 2.99. The summed E-state index contributed by atoms with van der Waals surface area (Å²) >= 11 is 0. The quantitative estimate of drug-likeness (QED) is 0.188. The Bertz CT molecular complexity index is 1730. The lowest BCUT2D eigenvalue weighted by Gasteiger charge is -2.20. The normalized spacial score (nSPS) is 13.1. The van der Waals surface area contributed by atoms with E-state index < -0.39 is 46.4 Å². The van der Waals surface area contributed by atoms with Gasteiger partial charge in [-0.2, -0.15) is 0 Å². The van der Waals surface area contributed by atoms with E-state index in [0.29, 0.717) is 39.6 Å². The van der Waals surface area contributed by atoms with Crippen LogP contribution in [0.1, 0.15) is 71.4 Å². The molecule has 13 nitrogen and oxygen atoms in total. The minimum atomic E-state index is -3.70. The Hall–Kier alpha value is -4.34. The Labute approximate surface area is 273 Å². The van der Waals surface area contributed by atoms with E-state index in [1.165, 1.54) is 37.4 Å². The van der Waals surface area contributed by atoms with Crippen LogP contribution in [0.3, 0.4) is 0 Å². The van der Waals surface area contributed by atoms with Gasteiger partial charge in [-0.15, -0.1) is 0 Å². The van der Waals surface area contributed by atoms with Crippen molar-refractivity contribution in [2.45, 2.75) is 65.6 Å². The number of hydrogen-bond acceptors (Lipinski definition) is 12. The first-order valence-electron chi connectivity index (χ1n) is 14.8. The molecule has 0 aliphatic carbocycles. The van der Waals surface area contributed by atoms with Gasteiger partial charge in [0, 0.05) is 24.6 Å². The van der Waals surface area contributed by atoms with Crippen LogP contribution >= 0.6 is 0 Å². The van der Waals surface area contributed by atoms with E-state index in [0.717, 1.165) is 10.6 Å². The van der Waals surface area contributed by atoms with Crippen molar-refractivity contribution in [1.29, 1.82) is 0 Å². The van der Waals surface area contributed by atoms with Crippen LogP contribution < -0.4 is 4.31 Å². The number of sulfonamides is 1. The summed E-state index contributed by atoms with van der Waals surface area (Å²) in [5.74, 6) is -2.21. The molecule has 0 aliphatic rings. The largest absolute Gasteiger partial charge is 0.462 e. The zero-order valence-electron chi connectivity index (χ0n) is 27.4. The molecule has 0 aliphatic heterocycles. The number of hydrogen-bond donors (Lipinski definition) is 2. The van der Waals surface area contributed by atoms with E-state index in [-0.39, 0.29) is 37.2 Å². The first kappa shape index (κ1) is 37.1. The second-order valence-corrected chi connectivity index (χ2v) is 13.3. The molecule has 2 atom stereocenters. The molecule has 0 saturated carbocycles. The van der Waals surface area contributed by atoms with Crippen molar-refractivity contribution >= 4 is 34.0 Å². The van der Waals surface area contributed by atoms with Crippen LogP contribution in [0.5, 0.6) is 0 Å². The number of aromatic nitrogens is 4. The Kier molecular flexibility index (Phi) is 12.6. The summed E-state index contributed by atoms with van der Waals surface area (Å²) < 4.78 is 49.3. The molecule has 0 unspecified atom stereocenters. The number of aryl methyl sites for hydroxylation is 3. The molecule has 254 valence electrons. The number of esters is 2. The topological polar surface area (TPSA) is 182 Å². The molecule has 2 N–H and O–H groups in total. The fraction of sp³-hybridized carbons (Fsp3) is 0.438. The molecule has 15 heteroatoms. The smallest absolute Gasteiger partial charge is 0.358 e. The van der Waals surface area contributed by atoms with Crippen LogP contribution in [0.4, 0.5) is 10.3 Å². The molecule has 47 heavy (non-hydrogen) atoms. The van der Waals surface area contributed by atoms with Gasteiger partial charge in [-0.25, -0.2) is 36.9 Å². The van der Waals surface area contributed by atoms with Crippen molar-refractivity contribution in [3.63, 3.8) is 0 Å². The van der Waals surface area contributed by atoms with Gasteiger partial charge in [-0.1, -0.05) is 26.0 Å². The van der Waals surface area contributed by atoms with Gasteiger partial charge in [0.1, 0.15) is 19.0 Å². The molecule has 2 aromatic heterocycles. The predicted molar refractivity (Wildman–Crippen MR) is 173 cm³/mol. The van der Waals surface area contributed by atoms with Crippen molar-refractivity contribution in [2.24, 2.45) is 0 Å². The van der Waals surface area contributed by atoms with Crippen LogP contribution in [-0.4, -0.2) is 89.2 Å². The lowest BCUT2D eigenvalue weighted by molar-refractivity contribution is -0.147. The van der Waals surface area contributed by atoms with Crippen molar-refractivity contribution in [3.8, 4) is 11.3 Å². The first-order valence-corrected chi connectivity index (χ1v) is 16.6. The molecule has 2 heterocycles. The van der Waals surface area contributed by atoms with Gasteiger partial charge in [-0.05, 0) is 51.0 Å². The summed E-state index contributed by atoms with van der Waals surface area (Å²) in [4.78, 5) is 41.9. The summed E-state index contributed by atoms with van der Waals surface area (Å²) in [5, 5.41) is 21.1. The van der Waals surface area contributed by atoms with Gasteiger partial charge in [-0.3, -0.25) is 9.78 Å². The van der Waals surface area contributed by atoms with Crippen LogP contribution in [0.2, 0.25) is 0 Å². The molecular weight excluding hydrogens is 633 g/mol. The van der Waals surface area contributed by atoms with E-state index in [4.69, 9.17) is 9.47 Å². The second-order valence-electron chi connectivity index (χ2n) is 11.3. The molecule has 0 amide bonds.